The Morgan fingerprint density at radius 1 is 1.24 bits per heavy atom. The highest BCUT2D eigenvalue weighted by Gasteiger charge is 2.12. The largest absolute Gasteiger partial charge is 0.497 e. The number of benzene rings is 2. The lowest BCUT2D eigenvalue weighted by Crippen LogP contribution is -1.96. The fourth-order valence-corrected chi connectivity index (χ4v) is 1.64. The van der Waals surface area contributed by atoms with Gasteiger partial charge in [-0.25, -0.2) is 4.79 Å². The molecule has 5 heteroatoms. The van der Waals surface area contributed by atoms with Gasteiger partial charge in [0.2, 0.25) is 0 Å². The van der Waals surface area contributed by atoms with E-state index in [2.05, 4.69) is 5.18 Å². The quantitative estimate of drug-likeness (QED) is 0.824. The molecule has 0 aliphatic heterocycles. The zero-order valence-electron chi connectivity index (χ0n) is 9.01. The number of aromatic carboxylic acids is 1. The summed E-state index contributed by atoms with van der Waals surface area (Å²) >= 11 is 0. The lowest BCUT2D eigenvalue weighted by molar-refractivity contribution is 0.0698. The molecule has 2 rings (SSSR count). The van der Waals surface area contributed by atoms with Crippen molar-refractivity contribution >= 4 is 22.4 Å². The van der Waals surface area contributed by atoms with E-state index in [0.29, 0.717) is 11.1 Å². The standard InChI is InChI=1S/C12H9NO4/c1-17-9-3-2-7-6-11(13-16)10(12(14)15)5-8(7)4-9/h2-6H,1H3,(H,14,15). The molecule has 0 bridgehead atoms. The second-order valence-corrected chi connectivity index (χ2v) is 3.48. The zero-order chi connectivity index (χ0) is 12.4. The Labute approximate surface area is 96.6 Å². The second kappa shape index (κ2) is 4.21. The number of hydrogen-bond donors (Lipinski definition) is 1. The van der Waals surface area contributed by atoms with Crippen LogP contribution < -0.4 is 4.74 Å². The smallest absolute Gasteiger partial charge is 0.338 e. The molecular weight excluding hydrogens is 222 g/mol. The molecule has 2 aromatic rings. The van der Waals surface area contributed by atoms with E-state index in [0.717, 1.165) is 5.39 Å². The predicted molar refractivity (Wildman–Crippen MR) is 62.9 cm³/mol. The Balaban J connectivity index is 2.74. The SMILES string of the molecule is COc1ccc2cc(N=O)c(C(=O)O)cc2c1. The molecule has 0 unspecified atom stereocenters. The summed E-state index contributed by atoms with van der Waals surface area (Å²) in [5.74, 6) is -0.551. The van der Waals surface area contributed by atoms with E-state index in [9.17, 15) is 9.70 Å². The second-order valence-electron chi connectivity index (χ2n) is 3.48. The molecule has 0 fully saturated rings. The van der Waals surface area contributed by atoms with Gasteiger partial charge in [0.05, 0.1) is 12.7 Å². The van der Waals surface area contributed by atoms with E-state index in [-0.39, 0.29) is 11.3 Å². The maximum absolute atomic E-state index is 10.9. The minimum absolute atomic E-state index is 0.0739. The van der Waals surface area contributed by atoms with E-state index in [4.69, 9.17) is 9.84 Å². The minimum atomic E-state index is -1.18. The summed E-state index contributed by atoms with van der Waals surface area (Å²) in [6, 6.07) is 8.05. The zero-order valence-corrected chi connectivity index (χ0v) is 9.01. The van der Waals surface area contributed by atoms with Gasteiger partial charge in [-0.2, -0.15) is 0 Å². The Bertz CT molecular complexity index is 607. The van der Waals surface area contributed by atoms with Crippen molar-refractivity contribution in [3.8, 4) is 5.75 Å². The normalized spacial score (nSPS) is 10.2. The number of carbonyl (C=O) groups is 1. The lowest BCUT2D eigenvalue weighted by Gasteiger charge is -2.05. The van der Waals surface area contributed by atoms with Gasteiger partial charge in [-0.05, 0) is 40.2 Å². The Morgan fingerprint density at radius 3 is 2.59 bits per heavy atom. The molecule has 0 aromatic heterocycles. The van der Waals surface area contributed by atoms with E-state index >= 15 is 0 Å². The summed E-state index contributed by atoms with van der Waals surface area (Å²) in [7, 11) is 1.53. The summed E-state index contributed by atoms with van der Waals surface area (Å²) in [6.45, 7) is 0. The lowest BCUT2D eigenvalue weighted by atomic mass is 10.0. The van der Waals surface area contributed by atoms with Crippen LogP contribution in [-0.4, -0.2) is 18.2 Å². The monoisotopic (exact) mass is 231 g/mol. The summed E-state index contributed by atoms with van der Waals surface area (Å²) in [5.41, 5.74) is -0.184. The molecule has 5 nitrogen and oxygen atoms in total. The van der Waals surface area contributed by atoms with Crippen LogP contribution in [-0.2, 0) is 0 Å². The van der Waals surface area contributed by atoms with Gasteiger partial charge < -0.3 is 9.84 Å². The number of carboxylic acids is 1. The number of fused-ring (bicyclic) bond motifs is 1. The van der Waals surface area contributed by atoms with Crippen molar-refractivity contribution < 1.29 is 14.6 Å². The van der Waals surface area contributed by atoms with E-state index in [1.807, 2.05) is 0 Å². The molecule has 0 aliphatic carbocycles. The van der Waals surface area contributed by atoms with Crippen LogP contribution in [0.2, 0.25) is 0 Å². The molecule has 0 aliphatic rings. The van der Waals surface area contributed by atoms with Gasteiger partial charge in [0, 0.05) is 0 Å². The molecule has 17 heavy (non-hydrogen) atoms. The van der Waals surface area contributed by atoms with Gasteiger partial charge in [-0.1, -0.05) is 6.07 Å². The van der Waals surface area contributed by atoms with Gasteiger partial charge >= 0.3 is 5.97 Å². The highest BCUT2D eigenvalue weighted by molar-refractivity contribution is 6.00. The topological polar surface area (TPSA) is 76.0 Å². The Hall–Kier alpha value is -2.43. The van der Waals surface area contributed by atoms with Crippen LogP contribution in [0.3, 0.4) is 0 Å². The molecule has 2 aromatic carbocycles. The summed E-state index contributed by atoms with van der Waals surface area (Å²) < 4.78 is 5.05. The molecule has 1 N–H and O–H groups in total. The van der Waals surface area contributed by atoms with Crippen molar-refractivity contribution in [2.24, 2.45) is 5.18 Å². The number of nitrogens with zero attached hydrogens (tertiary/aromatic N) is 1. The fourth-order valence-electron chi connectivity index (χ4n) is 1.64. The van der Waals surface area contributed by atoms with Crippen LogP contribution in [0, 0.1) is 4.91 Å². The third-order valence-electron chi connectivity index (χ3n) is 2.49. The third kappa shape index (κ3) is 1.94. The number of ether oxygens (including phenoxy) is 1. The third-order valence-corrected chi connectivity index (χ3v) is 2.49. The number of rotatable bonds is 3. The van der Waals surface area contributed by atoms with Gasteiger partial charge in [0.25, 0.3) is 0 Å². The minimum Gasteiger partial charge on any atom is -0.497 e. The first-order valence-electron chi connectivity index (χ1n) is 4.84. The average molecular weight is 231 g/mol. The van der Waals surface area contributed by atoms with Crippen LogP contribution in [0.15, 0.2) is 35.5 Å². The number of carboxylic acid groups (broad SMARTS) is 1. The van der Waals surface area contributed by atoms with Gasteiger partial charge in [0.15, 0.2) is 0 Å². The molecule has 0 atom stereocenters. The summed E-state index contributed by atoms with van der Waals surface area (Å²) in [5, 5.41) is 13.1. The summed E-state index contributed by atoms with van der Waals surface area (Å²) in [4.78, 5) is 21.5. The van der Waals surface area contributed by atoms with Gasteiger partial charge in [0.1, 0.15) is 11.4 Å². The predicted octanol–water partition coefficient (Wildman–Crippen LogP) is 2.94. The van der Waals surface area contributed by atoms with Crippen molar-refractivity contribution in [3.05, 3.63) is 40.8 Å². The first kappa shape index (κ1) is 11.1. The molecule has 0 radical (unpaired) electrons. The van der Waals surface area contributed by atoms with E-state index in [1.165, 1.54) is 19.2 Å². The first-order valence-corrected chi connectivity index (χ1v) is 4.84. The van der Waals surface area contributed by atoms with Crippen molar-refractivity contribution in [1.29, 1.82) is 0 Å². The maximum atomic E-state index is 10.9. The molecule has 0 amide bonds. The number of methoxy groups -OCH3 is 1. The molecule has 86 valence electrons. The molecular formula is C12H9NO4. The van der Waals surface area contributed by atoms with Crippen LogP contribution >= 0.6 is 0 Å². The van der Waals surface area contributed by atoms with E-state index < -0.39 is 5.97 Å². The first-order chi connectivity index (χ1) is 8.15. The molecule has 0 spiro atoms. The van der Waals surface area contributed by atoms with Crippen LogP contribution in [0.1, 0.15) is 10.4 Å². The highest BCUT2D eigenvalue weighted by Crippen LogP contribution is 2.28. The number of nitroso groups, excluding NO2 is 1. The molecule has 0 saturated heterocycles. The van der Waals surface area contributed by atoms with Crippen molar-refractivity contribution in [3.63, 3.8) is 0 Å². The summed E-state index contributed by atoms with van der Waals surface area (Å²) in [6.07, 6.45) is 0. The molecule has 0 saturated carbocycles. The average Bonchev–Trinajstić information content (AvgIpc) is 2.36. The van der Waals surface area contributed by atoms with Gasteiger partial charge in [-0.3, -0.25) is 0 Å². The van der Waals surface area contributed by atoms with Crippen LogP contribution in [0.5, 0.6) is 5.75 Å². The van der Waals surface area contributed by atoms with Crippen LogP contribution in [0.4, 0.5) is 5.69 Å². The Kier molecular flexibility index (Phi) is 2.74. The Morgan fingerprint density at radius 2 is 2.00 bits per heavy atom. The fraction of sp³-hybridized carbons (Fsp3) is 0.0833. The number of hydrogen-bond acceptors (Lipinski definition) is 4. The van der Waals surface area contributed by atoms with Gasteiger partial charge in [-0.15, -0.1) is 4.91 Å². The van der Waals surface area contributed by atoms with Crippen LogP contribution in [0.25, 0.3) is 10.8 Å². The van der Waals surface area contributed by atoms with Crippen molar-refractivity contribution in [1.82, 2.24) is 0 Å². The van der Waals surface area contributed by atoms with Crippen molar-refractivity contribution in [2.75, 3.05) is 7.11 Å². The van der Waals surface area contributed by atoms with Crippen molar-refractivity contribution in [2.45, 2.75) is 0 Å². The van der Waals surface area contributed by atoms with E-state index in [1.54, 1.807) is 18.2 Å². The highest BCUT2D eigenvalue weighted by atomic mass is 16.5. The maximum Gasteiger partial charge on any atom is 0.338 e. The molecule has 0 heterocycles.